The summed E-state index contributed by atoms with van der Waals surface area (Å²) in [6, 6.07) is 10.3. The molecule has 0 saturated carbocycles. The molecule has 0 aliphatic carbocycles. The van der Waals surface area contributed by atoms with Gasteiger partial charge in [0, 0.05) is 21.8 Å². The summed E-state index contributed by atoms with van der Waals surface area (Å²) >= 11 is 12.5. The van der Waals surface area contributed by atoms with E-state index in [4.69, 9.17) is 37.4 Å². The number of fused-ring (bicyclic) bond motifs is 1. The third-order valence-electron chi connectivity index (χ3n) is 4.29. The lowest BCUT2D eigenvalue weighted by Crippen LogP contribution is -2.32. The molecule has 0 spiro atoms. The van der Waals surface area contributed by atoms with Crippen LogP contribution in [0.15, 0.2) is 36.4 Å². The Morgan fingerprint density at radius 2 is 2.00 bits per heavy atom. The fraction of sp³-hybridized carbons (Fsp3) is 0.300. The fourth-order valence-electron chi connectivity index (χ4n) is 3.08. The van der Waals surface area contributed by atoms with Crippen molar-refractivity contribution in [1.29, 1.82) is 0 Å². The number of amides is 1. The maximum Gasteiger partial charge on any atom is 0.308 e. The maximum atomic E-state index is 12.7. The van der Waals surface area contributed by atoms with Crippen LogP contribution in [0.5, 0.6) is 5.75 Å². The molecular weight excluding hydrogens is 405 g/mol. The van der Waals surface area contributed by atoms with Crippen LogP contribution in [0.1, 0.15) is 30.6 Å². The van der Waals surface area contributed by atoms with Gasteiger partial charge < -0.3 is 19.5 Å². The lowest BCUT2D eigenvalue weighted by atomic mass is 9.98. The molecule has 6 nitrogen and oxygen atoms in total. The Morgan fingerprint density at radius 1 is 1.21 bits per heavy atom. The summed E-state index contributed by atoms with van der Waals surface area (Å²) in [5, 5.41) is 3.67. The molecule has 0 radical (unpaired) electrons. The summed E-state index contributed by atoms with van der Waals surface area (Å²) in [4.78, 5) is 24.6. The first-order valence-electron chi connectivity index (χ1n) is 8.68. The summed E-state index contributed by atoms with van der Waals surface area (Å²) in [5.41, 5.74) is 1.78. The van der Waals surface area contributed by atoms with Crippen LogP contribution < -0.4 is 10.1 Å². The van der Waals surface area contributed by atoms with Gasteiger partial charge in [0.05, 0.1) is 25.2 Å². The molecule has 0 saturated heterocycles. The second-order valence-electron chi connectivity index (χ2n) is 6.10. The number of para-hydroxylation sites is 1. The van der Waals surface area contributed by atoms with Gasteiger partial charge in [-0.05, 0) is 31.2 Å². The summed E-state index contributed by atoms with van der Waals surface area (Å²) in [6.45, 7) is 1.91. The van der Waals surface area contributed by atoms with Crippen molar-refractivity contribution in [3.05, 3.63) is 57.6 Å². The zero-order chi connectivity index (χ0) is 20.3. The van der Waals surface area contributed by atoms with Gasteiger partial charge in [0.1, 0.15) is 18.0 Å². The number of hydrogen-bond donors (Lipinski definition) is 1. The van der Waals surface area contributed by atoms with E-state index in [1.165, 1.54) is 7.11 Å². The Morgan fingerprint density at radius 3 is 2.71 bits per heavy atom. The van der Waals surface area contributed by atoms with Crippen molar-refractivity contribution in [1.82, 2.24) is 0 Å². The van der Waals surface area contributed by atoms with Crippen molar-refractivity contribution >= 4 is 40.8 Å². The van der Waals surface area contributed by atoms with Crippen LogP contribution in [-0.4, -0.2) is 31.7 Å². The average Bonchev–Trinajstić information content (AvgIpc) is 2.78. The first-order chi connectivity index (χ1) is 13.4. The Balaban J connectivity index is 2.09. The van der Waals surface area contributed by atoms with Crippen molar-refractivity contribution in [2.45, 2.75) is 25.6 Å². The average molecular weight is 424 g/mol. The second-order valence-corrected chi connectivity index (χ2v) is 6.94. The molecule has 3 rings (SSSR count). The molecule has 148 valence electrons. The van der Waals surface area contributed by atoms with E-state index < -0.39 is 24.1 Å². The Bertz CT molecular complexity index is 902. The van der Waals surface area contributed by atoms with Gasteiger partial charge in [-0.15, -0.1) is 0 Å². The van der Waals surface area contributed by atoms with Crippen LogP contribution in [0.25, 0.3) is 0 Å². The number of nitrogens with one attached hydrogen (secondary N) is 1. The van der Waals surface area contributed by atoms with E-state index in [0.717, 1.165) is 0 Å². The normalized spacial score (nSPS) is 18.6. The highest BCUT2D eigenvalue weighted by molar-refractivity contribution is 6.32. The van der Waals surface area contributed by atoms with Crippen molar-refractivity contribution in [3.63, 3.8) is 0 Å². The number of halogens is 2. The fourth-order valence-corrected chi connectivity index (χ4v) is 3.52. The third kappa shape index (κ3) is 4.24. The number of anilines is 1. The molecule has 0 aromatic heterocycles. The molecule has 8 heteroatoms. The van der Waals surface area contributed by atoms with Crippen LogP contribution in [0, 0.1) is 0 Å². The molecule has 0 unspecified atom stereocenters. The number of carbonyl (C=O) groups excluding carboxylic acids is 2. The molecule has 1 amide bonds. The number of hydrogen-bond acceptors (Lipinski definition) is 5. The van der Waals surface area contributed by atoms with Crippen molar-refractivity contribution < 1.29 is 23.8 Å². The highest BCUT2D eigenvalue weighted by Gasteiger charge is 2.35. The second kappa shape index (κ2) is 8.82. The van der Waals surface area contributed by atoms with Gasteiger partial charge >= 0.3 is 5.97 Å². The molecule has 28 heavy (non-hydrogen) atoms. The molecule has 1 aliphatic heterocycles. The van der Waals surface area contributed by atoms with Gasteiger partial charge in [-0.2, -0.15) is 0 Å². The van der Waals surface area contributed by atoms with Gasteiger partial charge in [-0.3, -0.25) is 9.59 Å². The number of carbonyl (C=O) groups is 2. The predicted octanol–water partition coefficient (Wildman–Crippen LogP) is 4.38. The standard InChI is InChI=1S/C20H19Cl2NO5/c1-3-27-17(24)10-16-20(25)23-15-8-7-11(21)9-13(15)18(28-16)12-5-4-6-14(22)19(12)26-2/h4-9,16,18H,3,10H2,1-2H3,(H,23,25)/t16-,18-/m0/s1. The minimum atomic E-state index is -1.06. The van der Waals surface area contributed by atoms with E-state index in [9.17, 15) is 9.59 Å². The molecule has 0 fully saturated rings. The number of esters is 1. The van der Waals surface area contributed by atoms with E-state index >= 15 is 0 Å². The minimum Gasteiger partial charge on any atom is -0.495 e. The summed E-state index contributed by atoms with van der Waals surface area (Å²) < 4.78 is 16.5. The molecule has 1 aliphatic rings. The molecular formula is C20H19Cl2NO5. The zero-order valence-corrected chi connectivity index (χ0v) is 16.8. The van der Waals surface area contributed by atoms with Crippen LogP contribution in [0.4, 0.5) is 5.69 Å². The molecule has 1 heterocycles. The van der Waals surface area contributed by atoms with Crippen LogP contribution >= 0.6 is 23.2 Å². The Labute approximate surface area is 172 Å². The molecule has 2 aromatic rings. The first kappa shape index (κ1) is 20.5. The topological polar surface area (TPSA) is 73.9 Å². The van der Waals surface area contributed by atoms with E-state index in [1.807, 2.05) is 0 Å². The molecule has 2 atom stereocenters. The van der Waals surface area contributed by atoms with Gasteiger partial charge in [-0.25, -0.2) is 0 Å². The first-order valence-corrected chi connectivity index (χ1v) is 9.44. The number of rotatable bonds is 5. The highest BCUT2D eigenvalue weighted by Crippen LogP contribution is 2.42. The van der Waals surface area contributed by atoms with Crippen LogP contribution in [0.3, 0.4) is 0 Å². The summed E-state index contributed by atoms with van der Waals surface area (Å²) in [6.07, 6.45) is -2.01. The van der Waals surface area contributed by atoms with Crippen molar-refractivity contribution in [2.75, 3.05) is 19.0 Å². The minimum absolute atomic E-state index is 0.217. The SMILES string of the molecule is CCOC(=O)C[C@@H]1O[C@@H](c2cccc(Cl)c2OC)c2cc(Cl)ccc2NC1=O. The number of methoxy groups -OCH3 is 1. The highest BCUT2D eigenvalue weighted by atomic mass is 35.5. The number of ether oxygens (including phenoxy) is 3. The Hall–Kier alpha value is -2.28. The number of benzene rings is 2. The lowest BCUT2D eigenvalue weighted by molar-refractivity contribution is -0.150. The van der Waals surface area contributed by atoms with Gasteiger partial charge in [-0.1, -0.05) is 35.3 Å². The molecule has 2 aromatic carbocycles. The van der Waals surface area contributed by atoms with Crippen molar-refractivity contribution in [2.24, 2.45) is 0 Å². The van der Waals surface area contributed by atoms with E-state index in [0.29, 0.717) is 32.6 Å². The van der Waals surface area contributed by atoms with E-state index in [-0.39, 0.29) is 13.0 Å². The van der Waals surface area contributed by atoms with Gasteiger partial charge in [0.15, 0.2) is 0 Å². The van der Waals surface area contributed by atoms with Crippen LogP contribution in [0.2, 0.25) is 10.0 Å². The predicted molar refractivity (Wildman–Crippen MR) is 106 cm³/mol. The van der Waals surface area contributed by atoms with Gasteiger partial charge in [0.2, 0.25) is 0 Å². The van der Waals surface area contributed by atoms with E-state index in [2.05, 4.69) is 5.32 Å². The molecule has 0 bridgehead atoms. The monoisotopic (exact) mass is 423 g/mol. The van der Waals surface area contributed by atoms with E-state index in [1.54, 1.807) is 43.3 Å². The maximum absolute atomic E-state index is 12.7. The largest absolute Gasteiger partial charge is 0.495 e. The van der Waals surface area contributed by atoms with Crippen molar-refractivity contribution in [3.8, 4) is 5.75 Å². The third-order valence-corrected chi connectivity index (χ3v) is 4.82. The van der Waals surface area contributed by atoms with Crippen LogP contribution in [-0.2, 0) is 19.1 Å². The molecule has 1 N–H and O–H groups in total. The quantitative estimate of drug-likeness (QED) is 0.722. The lowest BCUT2D eigenvalue weighted by Gasteiger charge is -2.23. The summed E-state index contributed by atoms with van der Waals surface area (Å²) in [7, 11) is 1.50. The zero-order valence-electron chi connectivity index (χ0n) is 15.3. The smallest absolute Gasteiger partial charge is 0.308 e. The summed E-state index contributed by atoms with van der Waals surface area (Å²) in [5.74, 6) is -0.548. The van der Waals surface area contributed by atoms with Gasteiger partial charge in [0.25, 0.3) is 5.91 Å². The Kier molecular flexibility index (Phi) is 6.44.